The molecular formula is C29H29N3O3S2. The van der Waals surface area contributed by atoms with Crippen molar-refractivity contribution in [2.75, 3.05) is 45.0 Å². The maximum Gasteiger partial charge on any atom is 0.121 e. The van der Waals surface area contributed by atoms with Gasteiger partial charge in [-0.3, -0.25) is 9.89 Å². The number of fused-ring (bicyclic) bond motifs is 1. The zero-order valence-corrected chi connectivity index (χ0v) is 22.4. The van der Waals surface area contributed by atoms with Gasteiger partial charge in [-0.05, 0) is 48.0 Å². The monoisotopic (exact) mass is 531 g/mol. The lowest BCUT2D eigenvalue weighted by Gasteiger charge is -2.25. The van der Waals surface area contributed by atoms with E-state index in [1.165, 1.54) is 25.2 Å². The molecule has 37 heavy (non-hydrogen) atoms. The third-order valence-corrected chi connectivity index (χ3v) is 8.87. The van der Waals surface area contributed by atoms with Gasteiger partial charge in [0.15, 0.2) is 0 Å². The number of benzene rings is 2. The summed E-state index contributed by atoms with van der Waals surface area (Å²) < 4.78 is 16.8. The maximum absolute atomic E-state index is 6.11. The molecule has 0 radical (unpaired) electrons. The number of hydrogen-bond donors (Lipinski definition) is 0. The van der Waals surface area contributed by atoms with Crippen LogP contribution in [0.3, 0.4) is 0 Å². The second-order valence-corrected chi connectivity index (χ2v) is 11.3. The van der Waals surface area contributed by atoms with E-state index in [-0.39, 0.29) is 0 Å². The van der Waals surface area contributed by atoms with Crippen molar-refractivity contribution >= 4 is 40.3 Å². The predicted octanol–water partition coefficient (Wildman–Crippen LogP) is 6.42. The van der Waals surface area contributed by atoms with E-state index in [2.05, 4.69) is 45.1 Å². The summed E-state index contributed by atoms with van der Waals surface area (Å²) in [5, 5.41) is 0. The Hall–Kier alpha value is -3.17. The summed E-state index contributed by atoms with van der Waals surface area (Å²) in [4.78, 5) is 14.6. The maximum atomic E-state index is 6.11. The molecule has 0 amide bonds. The van der Waals surface area contributed by atoms with Crippen molar-refractivity contribution in [1.29, 1.82) is 0 Å². The molecule has 2 aliphatic rings. The average Bonchev–Trinajstić information content (AvgIpc) is 3.60. The molecule has 190 valence electrons. The van der Waals surface area contributed by atoms with Gasteiger partial charge in [0, 0.05) is 52.2 Å². The Morgan fingerprint density at radius 2 is 1.78 bits per heavy atom. The topological polar surface area (TPSA) is 46.5 Å². The summed E-state index contributed by atoms with van der Waals surface area (Å²) in [5.74, 6) is 1.68. The number of hydrogen-bond acceptors (Lipinski definition) is 8. The van der Waals surface area contributed by atoms with Crippen molar-refractivity contribution in [1.82, 2.24) is 4.90 Å². The molecule has 1 fully saturated rings. The number of morpholine rings is 1. The number of methoxy groups -OCH3 is 1. The fraction of sp³-hybridized carbons (Fsp3) is 0.276. The van der Waals surface area contributed by atoms with Crippen LogP contribution >= 0.6 is 22.7 Å². The molecule has 2 aromatic carbocycles. The van der Waals surface area contributed by atoms with E-state index in [0.717, 1.165) is 55.6 Å². The van der Waals surface area contributed by atoms with E-state index in [1.54, 1.807) is 18.4 Å². The molecule has 0 atom stereocenters. The van der Waals surface area contributed by atoms with Gasteiger partial charge in [0.05, 0.1) is 30.9 Å². The number of aliphatic imine (C=N–C) groups is 1. The second-order valence-electron chi connectivity index (χ2n) is 9.03. The molecule has 0 aliphatic carbocycles. The average molecular weight is 532 g/mol. The molecular weight excluding hydrogens is 502 g/mol. The summed E-state index contributed by atoms with van der Waals surface area (Å²) in [6.07, 6.45) is 2.01. The van der Waals surface area contributed by atoms with Crippen LogP contribution in [0.25, 0.3) is 9.75 Å². The SMILES string of the molecule is COc1ccc(COc2cccc(N3CN=Cc4sc(-c5ccc(CN6CCOCC6)s5)cc43)c2)cc1. The zero-order valence-electron chi connectivity index (χ0n) is 20.8. The Balaban J connectivity index is 1.17. The molecule has 0 saturated carbocycles. The first-order valence-corrected chi connectivity index (χ1v) is 14.0. The summed E-state index contributed by atoms with van der Waals surface area (Å²) in [6, 6.07) is 23.0. The van der Waals surface area contributed by atoms with Crippen LogP contribution in [0.2, 0.25) is 0 Å². The zero-order chi connectivity index (χ0) is 25.0. The first-order chi connectivity index (χ1) is 18.2. The lowest BCUT2D eigenvalue weighted by molar-refractivity contribution is 0.0346. The lowest BCUT2D eigenvalue weighted by atomic mass is 10.2. The van der Waals surface area contributed by atoms with Crippen LogP contribution in [0.5, 0.6) is 11.5 Å². The highest BCUT2D eigenvalue weighted by Gasteiger charge is 2.21. The van der Waals surface area contributed by atoms with Gasteiger partial charge in [0.25, 0.3) is 0 Å². The molecule has 2 aliphatic heterocycles. The van der Waals surface area contributed by atoms with E-state index in [0.29, 0.717) is 13.3 Å². The molecule has 0 N–H and O–H groups in total. The first-order valence-electron chi connectivity index (χ1n) is 12.4. The third-order valence-electron chi connectivity index (χ3n) is 6.54. The molecule has 2 aromatic heterocycles. The first kappa shape index (κ1) is 24.2. The molecule has 6 nitrogen and oxygen atoms in total. The normalized spacial score (nSPS) is 15.5. The van der Waals surface area contributed by atoms with Crippen LogP contribution in [0, 0.1) is 0 Å². The van der Waals surface area contributed by atoms with E-state index >= 15 is 0 Å². The van der Waals surface area contributed by atoms with Crippen molar-refractivity contribution in [3.8, 4) is 21.3 Å². The highest BCUT2D eigenvalue weighted by atomic mass is 32.1. The van der Waals surface area contributed by atoms with Crippen LogP contribution in [0.1, 0.15) is 15.3 Å². The molecule has 0 bridgehead atoms. The molecule has 0 unspecified atom stereocenters. The standard InChI is InChI=1S/C29H29N3O3S2/c1-33-23-7-5-21(6-8-23)19-35-24-4-2-3-22(15-24)32-20-30-17-29-26(32)16-28(37-29)27-10-9-25(36-27)18-31-11-13-34-14-12-31/h2-10,15-17H,11-14,18-20H2,1H3. The van der Waals surface area contributed by atoms with Crippen molar-refractivity contribution in [2.45, 2.75) is 13.2 Å². The predicted molar refractivity (Wildman–Crippen MR) is 152 cm³/mol. The second kappa shape index (κ2) is 11.1. The van der Waals surface area contributed by atoms with E-state index < -0.39 is 0 Å². The van der Waals surface area contributed by atoms with E-state index in [1.807, 2.05) is 53.9 Å². The van der Waals surface area contributed by atoms with Gasteiger partial charge in [-0.2, -0.15) is 0 Å². The minimum absolute atomic E-state index is 0.505. The number of nitrogens with zero attached hydrogens (tertiary/aromatic N) is 3. The summed E-state index contributed by atoms with van der Waals surface area (Å²) in [5.41, 5.74) is 3.38. The fourth-order valence-electron chi connectivity index (χ4n) is 4.53. The lowest BCUT2D eigenvalue weighted by Crippen LogP contribution is -2.35. The van der Waals surface area contributed by atoms with Crippen LogP contribution in [0.15, 0.2) is 71.7 Å². The van der Waals surface area contributed by atoms with Gasteiger partial charge in [0.2, 0.25) is 0 Å². The third kappa shape index (κ3) is 5.57. The Labute approximate surface area is 225 Å². The van der Waals surface area contributed by atoms with Gasteiger partial charge >= 0.3 is 0 Å². The molecule has 4 aromatic rings. The van der Waals surface area contributed by atoms with Crippen molar-refractivity contribution in [2.24, 2.45) is 4.99 Å². The summed E-state index contributed by atoms with van der Waals surface area (Å²) in [7, 11) is 1.67. The van der Waals surface area contributed by atoms with Crippen molar-refractivity contribution in [3.05, 3.63) is 82.0 Å². The molecule has 6 rings (SSSR count). The Morgan fingerprint density at radius 1 is 0.919 bits per heavy atom. The number of thiophene rings is 2. The van der Waals surface area contributed by atoms with Crippen LogP contribution in [0.4, 0.5) is 11.4 Å². The number of rotatable bonds is 8. The van der Waals surface area contributed by atoms with Gasteiger partial charge in [-0.1, -0.05) is 18.2 Å². The minimum Gasteiger partial charge on any atom is -0.497 e. The van der Waals surface area contributed by atoms with Crippen molar-refractivity contribution in [3.63, 3.8) is 0 Å². The Bertz CT molecular complexity index is 1370. The van der Waals surface area contributed by atoms with Crippen LogP contribution < -0.4 is 14.4 Å². The van der Waals surface area contributed by atoms with Gasteiger partial charge in [-0.15, -0.1) is 22.7 Å². The van der Waals surface area contributed by atoms with E-state index in [4.69, 9.17) is 14.2 Å². The highest BCUT2D eigenvalue weighted by Crippen LogP contribution is 2.43. The Kier molecular flexibility index (Phi) is 7.23. The number of anilines is 2. The molecule has 1 saturated heterocycles. The smallest absolute Gasteiger partial charge is 0.121 e. The quantitative estimate of drug-likeness (QED) is 0.262. The molecule has 4 heterocycles. The Morgan fingerprint density at radius 3 is 2.62 bits per heavy atom. The number of ether oxygens (including phenoxy) is 3. The minimum atomic E-state index is 0.505. The fourth-order valence-corrected chi connectivity index (χ4v) is 6.72. The van der Waals surface area contributed by atoms with Gasteiger partial charge in [0.1, 0.15) is 24.8 Å². The van der Waals surface area contributed by atoms with Crippen LogP contribution in [-0.2, 0) is 17.9 Å². The molecule has 8 heteroatoms. The summed E-state index contributed by atoms with van der Waals surface area (Å²) >= 11 is 3.69. The van der Waals surface area contributed by atoms with Gasteiger partial charge in [-0.25, -0.2) is 0 Å². The van der Waals surface area contributed by atoms with E-state index in [9.17, 15) is 0 Å². The highest BCUT2D eigenvalue weighted by molar-refractivity contribution is 7.23. The largest absolute Gasteiger partial charge is 0.497 e. The van der Waals surface area contributed by atoms with Crippen molar-refractivity contribution < 1.29 is 14.2 Å². The summed E-state index contributed by atoms with van der Waals surface area (Å²) in [6.45, 7) is 5.78. The molecule has 0 spiro atoms. The van der Waals surface area contributed by atoms with Crippen LogP contribution in [-0.4, -0.2) is 51.2 Å². The van der Waals surface area contributed by atoms with Gasteiger partial charge < -0.3 is 19.1 Å².